The summed E-state index contributed by atoms with van der Waals surface area (Å²) < 4.78 is 5.46. The first-order valence-electron chi connectivity index (χ1n) is 9.49. The summed E-state index contributed by atoms with van der Waals surface area (Å²) in [4.78, 5) is 27.0. The van der Waals surface area contributed by atoms with Gasteiger partial charge in [0.25, 0.3) is 11.7 Å². The second-order valence-electron chi connectivity index (χ2n) is 6.78. The second-order valence-corrected chi connectivity index (χ2v) is 7.59. The van der Waals surface area contributed by atoms with Gasteiger partial charge in [-0.2, -0.15) is 0 Å². The molecule has 8 heteroatoms. The van der Waals surface area contributed by atoms with Gasteiger partial charge in [-0.3, -0.25) is 9.59 Å². The monoisotopic (exact) mass is 449 g/mol. The zero-order valence-corrected chi connectivity index (χ0v) is 18.0. The van der Waals surface area contributed by atoms with Gasteiger partial charge in [0.05, 0.1) is 28.3 Å². The van der Waals surface area contributed by atoms with Crippen LogP contribution >= 0.6 is 23.2 Å². The molecule has 1 unspecified atom stereocenters. The number of aliphatic hydroxyl groups excluding tert-OH is 1. The lowest BCUT2D eigenvalue weighted by Gasteiger charge is -2.25. The lowest BCUT2D eigenvalue weighted by atomic mass is 9.95. The van der Waals surface area contributed by atoms with E-state index in [0.717, 1.165) is 0 Å². The second kappa shape index (κ2) is 8.98. The van der Waals surface area contributed by atoms with Gasteiger partial charge in [0, 0.05) is 12.1 Å². The molecule has 1 saturated heterocycles. The molecule has 1 aliphatic rings. The maximum atomic E-state index is 12.9. The summed E-state index contributed by atoms with van der Waals surface area (Å²) >= 11 is 12.3. The third kappa shape index (κ3) is 3.98. The van der Waals surface area contributed by atoms with Crippen LogP contribution in [0.15, 0.2) is 42.0 Å². The van der Waals surface area contributed by atoms with Crippen LogP contribution in [0.5, 0.6) is 11.5 Å². The van der Waals surface area contributed by atoms with Crippen molar-refractivity contribution in [3.8, 4) is 11.5 Å². The minimum atomic E-state index is -0.866. The molecular weight excluding hydrogens is 429 g/mol. The number of hydrogen-bond donors (Lipinski definition) is 2. The summed E-state index contributed by atoms with van der Waals surface area (Å²) in [6, 6.07) is 8.27. The lowest BCUT2D eigenvalue weighted by molar-refractivity contribution is -0.139. The summed E-state index contributed by atoms with van der Waals surface area (Å²) in [6.45, 7) is 4.41. The summed E-state index contributed by atoms with van der Waals surface area (Å²) in [5, 5.41) is 21.1. The molecule has 1 atom stereocenters. The highest BCUT2D eigenvalue weighted by Gasteiger charge is 2.46. The molecule has 2 aromatic carbocycles. The van der Waals surface area contributed by atoms with E-state index in [-0.39, 0.29) is 26.9 Å². The first-order valence-corrected chi connectivity index (χ1v) is 10.2. The summed E-state index contributed by atoms with van der Waals surface area (Å²) in [5.74, 6) is -1.58. The van der Waals surface area contributed by atoms with E-state index in [4.69, 9.17) is 27.9 Å². The van der Waals surface area contributed by atoms with Crippen LogP contribution in [0.3, 0.4) is 0 Å². The number of amides is 1. The number of nitrogens with zero attached hydrogens (tertiary/aromatic N) is 1. The van der Waals surface area contributed by atoms with Crippen LogP contribution < -0.4 is 4.74 Å². The largest absolute Gasteiger partial charge is 0.507 e. The van der Waals surface area contributed by atoms with E-state index < -0.39 is 23.5 Å². The van der Waals surface area contributed by atoms with Gasteiger partial charge in [0.1, 0.15) is 17.3 Å². The number of Topliss-reactive ketones (excluding diaryl/α,β-unsaturated/α-hetero) is 1. The topological polar surface area (TPSA) is 87.1 Å². The van der Waals surface area contributed by atoms with Crippen LogP contribution in [0, 0.1) is 0 Å². The Balaban J connectivity index is 2.23. The number of ether oxygens (including phenoxy) is 1. The SMILES string of the molecule is CCCN1C(=O)C(=O)/C(=C(/O)c2cc(OCC)ccc2Cl)C1c1ccc(O)c(Cl)c1. The zero-order chi connectivity index (χ0) is 22.0. The number of phenolic OH excluding ortho intramolecular Hbond substituents is 1. The number of hydrogen-bond acceptors (Lipinski definition) is 5. The number of benzene rings is 2. The number of halogens is 2. The Labute approximate surface area is 184 Å². The van der Waals surface area contributed by atoms with Crippen LogP contribution in [-0.4, -0.2) is 40.0 Å². The number of carbonyl (C=O) groups is 2. The van der Waals surface area contributed by atoms with Gasteiger partial charge in [-0.25, -0.2) is 0 Å². The first kappa shape index (κ1) is 22.0. The van der Waals surface area contributed by atoms with Crippen LogP contribution in [0.25, 0.3) is 5.76 Å². The molecule has 0 aromatic heterocycles. The Hall–Kier alpha value is -2.70. The summed E-state index contributed by atoms with van der Waals surface area (Å²) in [6.07, 6.45) is 0.607. The number of phenols is 1. The zero-order valence-electron chi connectivity index (χ0n) is 16.5. The van der Waals surface area contributed by atoms with Crippen LogP contribution in [0.1, 0.15) is 37.4 Å². The predicted molar refractivity (Wildman–Crippen MR) is 115 cm³/mol. The molecule has 0 aliphatic carbocycles. The smallest absolute Gasteiger partial charge is 0.295 e. The van der Waals surface area contributed by atoms with E-state index >= 15 is 0 Å². The highest BCUT2D eigenvalue weighted by atomic mass is 35.5. The molecule has 2 aromatic rings. The number of carbonyl (C=O) groups excluding carboxylic acids is 2. The fourth-order valence-electron chi connectivity index (χ4n) is 3.48. The standard InChI is InChI=1S/C22H21Cl2NO5/c1-3-9-25-19(12-5-8-17(26)16(24)10-12)18(21(28)22(25)29)20(27)14-11-13(30-4-2)6-7-15(14)23/h5-8,10-11,19,26-27H,3-4,9H2,1-2H3/b20-18+. The highest BCUT2D eigenvalue weighted by Crippen LogP contribution is 2.42. The quantitative estimate of drug-likeness (QED) is 0.370. The first-order chi connectivity index (χ1) is 14.3. The van der Waals surface area contributed by atoms with E-state index in [1.807, 2.05) is 13.8 Å². The normalized spacial score (nSPS) is 18.1. The molecule has 6 nitrogen and oxygen atoms in total. The maximum Gasteiger partial charge on any atom is 0.295 e. The van der Waals surface area contributed by atoms with Crippen molar-refractivity contribution >= 4 is 40.7 Å². The predicted octanol–water partition coefficient (Wildman–Crippen LogP) is 4.93. The van der Waals surface area contributed by atoms with E-state index in [0.29, 0.717) is 30.9 Å². The Bertz CT molecular complexity index is 1030. The number of ketones is 1. The van der Waals surface area contributed by atoms with Gasteiger partial charge in [-0.15, -0.1) is 0 Å². The molecule has 0 radical (unpaired) electrons. The van der Waals surface area contributed by atoms with Crippen LogP contribution in [-0.2, 0) is 9.59 Å². The molecular formula is C22H21Cl2NO5. The maximum absolute atomic E-state index is 12.9. The van der Waals surface area contributed by atoms with Crippen molar-refractivity contribution in [1.82, 2.24) is 4.90 Å². The van der Waals surface area contributed by atoms with Crippen molar-refractivity contribution in [1.29, 1.82) is 0 Å². The van der Waals surface area contributed by atoms with Crippen molar-refractivity contribution in [2.45, 2.75) is 26.3 Å². The lowest BCUT2D eigenvalue weighted by Crippen LogP contribution is -2.30. The van der Waals surface area contributed by atoms with Crippen LogP contribution in [0.4, 0.5) is 0 Å². The number of aromatic hydroxyl groups is 1. The van der Waals surface area contributed by atoms with Crippen molar-refractivity contribution in [2.75, 3.05) is 13.2 Å². The molecule has 3 rings (SSSR count). The molecule has 0 saturated carbocycles. The fraction of sp³-hybridized carbons (Fsp3) is 0.273. The third-order valence-electron chi connectivity index (χ3n) is 4.80. The van der Waals surface area contributed by atoms with Crippen molar-refractivity contribution in [3.63, 3.8) is 0 Å². The van der Waals surface area contributed by atoms with Crippen molar-refractivity contribution in [2.24, 2.45) is 0 Å². The summed E-state index contributed by atoms with van der Waals surface area (Å²) in [5.41, 5.74) is 0.585. The van der Waals surface area contributed by atoms with Gasteiger partial charge >= 0.3 is 0 Å². The molecule has 1 fully saturated rings. The van der Waals surface area contributed by atoms with E-state index in [1.165, 1.54) is 23.1 Å². The molecule has 0 bridgehead atoms. The molecule has 0 spiro atoms. The Morgan fingerprint density at radius 2 is 1.83 bits per heavy atom. The van der Waals surface area contributed by atoms with Gasteiger partial charge < -0.3 is 19.8 Å². The number of likely N-dealkylation sites (tertiary alicyclic amines) is 1. The molecule has 1 heterocycles. The average molecular weight is 450 g/mol. The summed E-state index contributed by atoms with van der Waals surface area (Å²) in [7, 11) is 0. The molecule has 2 N–H and O–H groups in total. The van der Waals surface area contributed by atoms with Gasteiger partial charge in [-0.05, 0) is 49.2 Å². The molecule has 30 heavy (non-hydrogen) atoms. The molecule has 1 aliphatic heterocycles. The minimum absolute atomic E-state index is 0.0750. The van der Waals surface area contributed by atoms with Gasteiger partial charge in [-0.1, -0.05) is 36.2 Å². The number of aliphatic hydroxyl groups is 1. The van der Waals surface area contributed by atoms with E-state index in [9.17, 15) is 19.8 Å². The van der Waals surface area contributed by atoms with Gasteiger partial charge in [0.15, 0.2) is 0 Å². The van der Waals surface area contributed by atoms with E-state index in [2.05, 4.69) is 0 Å². The Morgan fingerprint density at radius 3 is 2.47 bits per heavy atom. The third-order valence-corrected chi connectivity index (χ3v) is 5.43. The van der Waals surface area contributed by atoms with E-state index in [1.54, 1.807) is 18.2 Å². The average Bonchev–Trinajstić information content (AvgIpc) is 2.96. The highest BCUT2D eigenvalue weighted by molar-refractivity contribution is 6.47. The fourth-order valence-corrected chi connectivity index (χ4v) is 3.87. The Morgan fingerprint density at radius 1 is 1.10 bits per heavy atom. The number of rotatable bonds is 6. The molecule has 158 valence electrons. The Kier molecular flexibility index (Phi) is 6.58. The minimum Gasteiger partial charge on any atom is -0.507 e. The molecule has 1 amide bonds. The van der Waals surface area contributed by atoms with Crippen molar-refractivity contribution < 1.29 is 24.5 Å². The van der Waals surface area contributed by atoms with Crippen molar-refractivity contribution in [3.05, 3.63) is 63.1 Å². The van der Waals surface area contributed by atoms with Gasteiger partial charge in [0.2, 0.25) is 0 Å². The van der Waals surface area contributed by atoms with Crippen LogP contribution in [0.2, 0.25) is 10.0 Å².